The molecule has 0 atom stereocenters. The Morgan fingerprint density at radius 2 is 1.67 bits per heavy atom. The first-order chi connectivity index (χ1) is 17.0. The molecular weight excluding hydrogens is 458 g/mol. The van der Waals surface area contributed by atoms with Crippen LogP contribution >= 0.6 is 0 Å². The molecule has 0 radical (unpaired) electrons. The maximum absolute atomic E-state index is 13.1. The fraction of sp³-hybridized carbons (Fsp3) is 0.286. The highest BCUT2D eigenvalue weighted by Crippen LogP contribution is 2.25. The van der Waals surface area contributed by atoms with E-state index in [1.54, 1.807) is 51.1 Å². The van der Waals surface area contributed by atoms with Gasteiger partial charge in [-0.15, -0.1) is 0 Å². The molecule has 1 heterocycles. The number of carbonyl (C=O) groups is 3. The normalized spacial score (nSPS) is 14.4. The maximum atomic E-state index is 13.1. The van der Waals surface area contributed by atoms with Crippen LogP contribution in [0.15, 0.2) is 71.0 Å². The van der Waals surface area contributed by atoms with Crippen molar-refractivity contribution >= 4 is 29.4 Å². The summed E-state index contributed by atoms with van der Waals surface area (Å²) >= 11 is 0. The molecule has 0 unspecified atom stereocenters. The summed E-state index contributed by atoms with van der Waals surface area (Å²) in [5.41, 5.74) is 3.92. The second-order valence-electron chi connectivity index (χ2n) is 9.25. The lowest BCUT2D eigenvalue weighted by molar-refractivity contribution is -0.132. The first-order valence-corrected chi connectivity index (χ1v) is 11.6. The van der Waals surface area contributed by atoms with Gasteiger partial charge < -0.3 is 14.8 Å². The van der Waals surface area contributed by atoms with Crippen LogP contribution in [0.3, 0.4) is 0 Å². The summed E-state index contributed by atoms with van der Waals surface area (Å²) < 4.78 is 10.1. The van der Waals surface area contributed by atoms with Crippen LogP contribution in [-0.4, -0.2) is 36.4 Å². The Bertz CT molecular complexity index is 1270. The number of methoxy groups -OCH3 is 1. The minimum atomic E-state index is -0.586. The Balaban J connectivity index is 1.77. The van der Waals surface area contributed by atoms with Crippen LogP contribution in [-0.2, 0) is 14.3 Å². The van der Waals surface area contributed by atoms with E-state index in [9.17, 15) is 14.4 Å². The predicted octanol–water partition coefficient (Wildman–Crippen LogP) is 5.54. The van der Waals surface area contributed by atoms with Crippen LogP contribution in [0, 0.1) is 6.92 Å². The highest BCUT2D eigenvalue weighted by atomic mass is 16.6. The Kier molecular flexibility index (Phi) is 8.09. The van der Waals surface area contributed by atoms with E-state index in [4.69, 9.17) is 9.47 Å². The Labute approximate surface area is 211 Å². The van der Waals surface area contributed by atoms with Gasteiger partial charge in [0.05, 0.1) is 7.11 Å². The van der Waals surface area contributed by atoms with Gasteiger partial charge >= 0.3 is 12.1 Å². The van der Waals surface area contributed by atoms with E-state index in [2.05, 4.69) is 15.6 Å². The number of esters is 1. The Hall–Kier alpha value is -4.20. The number of benzene rings is 2. The summed E-state index contributed by atoms with van der Waals surface area (Å²) in [4.78, 5) is 41.5. The molecule has 1 aliphatic heterocycles. The van der Waals surface area contributed by atoms with Gasteiger partial charge in [0.2, 0.25) is 0 Å². The summed E-state index contributed by atoms with van der Waals surface area (Å²) in [7, 11) is 1.30. The molecule has 2 N–H and O–H groups in total. The molecule has 2 amide bonds. The number of aryl methyl sites for hydroxylation is 1. The molecule has 0 spiro atoms. The number of aliphatic imine (C=N–C) groups is 1. The molecule has 8 heteroatoms. The summed E-state index contributed by atoms with van der Waals surface area (Å²) in [6, 6.07) is 12.8. The molecular formula is C28H31N3O5. The monoisotopic (exact) mass is 489 g/mol. The number of rotatable bonds is 5. The van der Waals surface area contributed by atoms with Crippen LogP contribution in [0.4, 0.5) is 10.5 Å². The first-order valence-electron chi connectivity index (χ1n) is 11.6. The Morgan fingerprint density at radius 1 is 1.00 bits per heavy atom. The third-order valence-corrected chi connectivity index (χ3v) is 5.37. The third kappa shape index (κ3) is 6.69. The van der Waals surface area contributed by atoms with Crippen molar-refractivity contribution in [1.29, 1.82) is 0 Å². The molecule has 8 nitrogen and oxygen atoms in total. The summed E-state index contributed by atoms with van der Waals surface area (Å²) in [5.74, 6) is -0.584. The van der Waals surface area contributed by atoms with E-state index in [0.717, 1.165) is 22.3 Å². The van der Waals surface area contributed by atoms with Crippen molar-refractivity contribution in [3.05, 3.63) is 77.1 Å². The third-order valence-electron chi connectivity index (χ3n) is 5.37. The first kappa shape index (κ1) is 26.4. The molecule has 2 aromatic carbocycles. The highest BCUT2D eigenvalue weighted by molar-refractivity contribution is 6.43. The van der Waals surface area contributed by atoms with E-state index < -0.39 is 17.7 Å². The smallest absolute Gasteiger partial charge is 0.412 e. The van der Waals surface area contributed by atoms with Crippen LogP contribution in [0.5, 0.6) is 0 Å². The van der Waals surface area contributed by atoms with E-state index >= 15 is 0 Å². The van der Waals surface area contributed by atoms with Gasteiger partial charge in [0.25, 0.3) is 5.91 Å². The summed E-state index contributed by atoms with van der Waals surface area (Å²) in [6.07, 6.45) is 3.49. The molecule has 0 bridgehead atoms. The maximum Gasteiger partial charge on any atom is 0.412 e. The summed E-state index contributed by atoms with van der Waals surface area (Å²) in [5, 5.41) is 5.50. The van der Waals surface area contributed by atoms with Crippen molar-refractivity contribution < 1.29 is 23.9 Å². The molecule has 1 aliphatic rings. The fourth-order valence-corrected chi connectivity index (χ4v) is 3.55. The number of hydrogen-bond donors (Lipinski definition) is 2. The van der Waals surface area contributed by atoms with Gasteiger partial charge in [-0.05, 0) is 87.6 Å². The molecule has 0 aliphatic carbocycles. The molecule has 188 valence electrons. The van der Waals surface area contributed by atoms with Gasteiger partial charge in [0.15, 0.2) is 5.71 Å². The van der Waals surface area contributed by atoms with Gasteiger partial charge in [-0.25, -0.2) is 14.6 Å². The Morgan fingerprint density at radius 3 is 2.28 bits per heavy atom. The van der Waals surface area contributed by atoms with Gasteiger partial charge in [-0.1, -0.05) is 30.3 Å². The number of amides is 2. The molecule has 36 heavy (non-hydrogen) atoms. The van der Waals surface area contributed by atoms with Crippen LogP contribution in [0.2, 0.25) is 0 Å². The van der Waals surface area contributed by atoms with E-state index in [1.807, 2.05) is 38.1 Å². The lowest BCUT2D eigenvalue weighted by atomic mass is 9.99. The second kappa shape index (κ2) is 11.0. The molecule has 0 saturated heterocycles. The zero-order valence-corrected chi connectivity index (χ0v) is 21.4. The average Bonchev–Trinajstić information content (AvgIpc) is 2.83. The number of allylic oxidation sites excluding steroid dienone is 2. The number of anilines is 1. The summed E-state index contributed by atoms with van der Waals surface area (Å²) in [6.45, 7) is 9.07. The van der Waals surface area contributed by atoms with Crippen molar-refractivity contribution in [2.24, 2.45) is 4.99 Å². The molecule has 3 rings (SSSR count). The number of nitrogens with zero attached hydrogens (tertiary/aromatic N) is 1. The lowest BCUT2D eigenvalue weighted by Crippen LogP contribution is -2.28. The van der Waals surface area contributed by atoms with Crippen LogP contribution < -0.4 is 10.6 Å². The van der Waals surface area contributed by atoms with Crippen LogP contribution in [0.25, 0.3) is 11.1 Å². The van der Waals surface area contributed by atoms with Crippen LogP contribution in [0.1, 0.15) is 50.0 Å². The minimum absolute atomic E-state index is 0.184. The molecule has 2 aromatic rings. The predicted molar refractivity (Wildman–Crippen MR) is 140 cm³/mol. The van der Waals surface area contributed by atoms with Gasteiger partial charge in [-0.3, -0.25) is 10.1 Å². The molecule has 0 saturated carbocycles. The zero-order valence-electron chi connectivity index (χ0n) is 21.4. The number of carbonyl (C=O) groups excluding carboxylic acids is 3. The van der Waals surface area contributed by atoms with E-state index in [0.29, 0.717) is 23.5 Å². The van der Waals surface area contributed by atoms with Crippen molar-refractivity contribution in [3.8, 4) is 11.1 Å². The van der Waals surface area contributed by atoms with E-state index in [-0.39, 0.29) is 11.6 Å². The molecule has 0 fully saturated rings. The largest absolute Gasteiger partial charge is 0.464 e. The molecule has 0 aromatic heterocycles. The van der Waals surface area contributed by atoms with Crippen molar-refractivity contribution in [2.75, 3.05) is 12.4 Å². The van der Waals surface area contributed by atoms with E-state index in [1.165, 1.54) is 7.11 Å². The lowest BCUT2D eigenvalue weighted by Gasteiger charge is -2.19. The minimum Gasteiger partial charge on any atom is -0.464 e. The van der Waals surface area contributed by atoms with Gasteiger partial charge in [0.1, 0.15) is 11.4 Å². The van der Waals surface area contributed by atoms with Crippen molar-refractivity contribution in [1.82, 2.24) is 5.32 Å². The van der Waals surface area contributed by atoms with Gasteiger partial charge in [0, 0.05) is 11.3 Å². The van der Waals surface area contributed by atoms with Crippen molar-refractivity contribution in [2.45, 2.75) is 46.6 Å². The highest BCUT2D eigenvalue weighted by Gasteiger charge is 2.22. The standard InChI is InChI=1S/C28H31N3O5/c1-7-18-12-15-23(30-24(18)26(33)35-6)31-25(32)22-16-20(9-8-17(22)2)19-10-13-21(14-11-19)29-27(34)36-28(3,4)5/h7-11,13-16H,12H2,1-6H3,(H,29,34)(H,31,32)/b18-7-. The number of hydrogen-bond acceptors (Lipinski definition) is 6. The fourth-order valence-electron chi connectivity index (χ4n) is 3.55. The van der Waals surface area contributed by atoms with Gasteiger partial charge in [-0.2, -0.15) is 0 Å². The quantitative estimate of drug-likeness (QED) is 0.536. The topological polar surface area (TPSA) is 106 Å². The number of nitrogens with one attached hydrogen (secondary N) is 2. The van der Waals surface area contributed by atoms with Crippen molar-refractivity contribution in [3.63, 3.8) is 0 Å². The average molecular weight is 490 g/mol. The SMILES string of the molecule is C/C=C1/CC=C(NC(=O)c2cc(-c3ccc(NC(=O)OC(C)(C)C)cc3)ccc2C)N=C1C(=O)OC. The zero-order chi connectivity index (χ0) is 26.5. The number of ether oxygens (including phenoxy) is 2. The second-order valence-corrected chi connectivity index (χ2v) is 9.25.